The number of nitrogens with zero attached hydrogens (tertiary/aromatic N) is 4. The van der Waals surface area contributed by atoms with Crippen LogP contribution in [0.2, 0.25) is 0 Å². The van der Waals surface area contributed by atoms with E-state index in [2.05, 4.69) is 64.7 Å². The molecule has 0 amide bonds. The lowest BCUT2D eigenvalue weighted by atomic mass is 9.78. The Kier molecular flexibility index (Phi) is 6.48. The van der Waals surface area contributed by atoms with E-state index < -0.39 is 0 Å². The molecule has 3 heterocycles. The van der Waals surface area contributed by atoms with Crippen LogP contribution in [0.5, 0.6) is 0 Å². The minimum Gasteiger partial charge on any atom is -0.466 e. The van der Waals surface area contributed by atoms with E-state index in [0.717, 1.165) is 17.0 Å². The third kappa shape index (κ3) is 5.12. The van der Waals surface area contributed by atoms with Gasteiger partial charge in [-0.15, -0.1) is 0 Å². The number of pyridine rings is 1. The molecule has 166 valence electrons. The van der Waals surface area contributed by atoms with Gasteiger partial charge in [0.1, 0.15) is 6.04 Å². The van der Waals surface area contributed by atoms with Crippen LogP contribution in [0.25, 0.3) is 0 Å². The first-order valence-corrected chi connectivity index (χ1v) is 11.0. The fourth-order valence-electron chi connectivity index (χ4n) is 3.64. The van der Waals surface area contributed by atoms with Crippen LogP contribution in [0.4, 0.5) is 0 Å². The lowest BCUT2D eigenvalue weighted by molar-refractivity contribution is -0.142. The highest BCUT2D eigenvalue weighted by molar-refractivity contribution is 6.03. The summed E-state index contributed by atoms with van der Waals surface area (Å²) in [5.74, 6) is 0.0149. The standard InChI is InChI=1S/C25H34N4O2/c1-8-31-22(30)15-19-11-10-18(16-26-19)25(6,7)21-12-9-17(2)23(27-21)20-13-14-29(28-20)24(3,4)5/h9-14,16-17,23H,8,15H2,1-7H3. The van der Waals surface area contributed by atoms with Crippen LogP contribution < -0.4 is 0 Å². The van der Waals surface area contributed by atoms with Crippen LogP contribution >= 0.6 is 0 Å². The minimum absolute atomic E-state index is 0.0149. The van der Waals surface area contributed by atoms with Crippen molar-refractivity contribution in [2.24, 2.45) is 10.9 Å². The van der Waals surface area contributed by atoms with Crippen molar-refractivity contribution >= 4 is 11.7 Å². The molecule has 3 rings (SSSR count). The maximum atomic E-state index is 11.7. The molecule has 0 fully saturated rings. The van der Waals surface area contributed by atoms with E-state index in [-0.39, 0.29) is 35.3 Å². The molecule has 1 aliphatic rings. The van der Waals surface area contributed by atoms with Gasteiger partial charge in [-0.05, 0) is 51.5 Å². The van der Waals surface area contributed by atoms with E-state index >= 15 is 0 Å². The number of carbonyl (C=O) groups is 1. The van der Waals surface area contributed by atoms with E-state index in [4.69, 9.17) is 14.8 Å². The molecule has 0 aromatic carbocycles. The molecular weight excluding hydrogens is 388 g/mol. The van der Waals surface area contributed by atoms with Crippen molar-refractivity contribution in [3.63, 3.8) is 0 Å². The number of aromatic nitrogens is 3. The highest BCUT2D eigenvalue weighted by atomic mass is 16.5. The maximum absolute atomic E-state index is 11.7. The van der Waals surface area contributed by atoms with Gasteiger partial charge in [0.25, 0.3) is 0 Å². The summed E-state index contributed by atoms with van der Waals surface area (Å²) in [5.41, 5.74) is 3.37. The average molecular weight is 423 g/mol. The van der Waals surface area contributed by atoms with Crippen molar-refractivity contribution < 1.29 is 9.53 Å². The van der Waals surface area contributed by atoms with Crippen molar-refractivity contribution in [2.75, 3.05) is 6.61 Å². The number of carbonyl (C=O) groups excluding carboxylic acids is 1. The molecule has 1 aliphatic heterocycles. The molecule has 31 heavy (non-hydrogen) atoms. The van der Waals surface area contributed by atoms with Crippen molar-refractivity contribution in [2.45, 2.75) is 71.9 Å². The summed E-state index contributed by atoms with van der Waals surface area (Å²) in [6, 6.07) is 5.98. The zero-order valence-corrected chi connectivity index (χ0v) is 19.7. The fraction of sp³-hybridized carbons (Fsp3) is 0.520. The monoisotopic (exact) mass is 422 g/mol. The zero-order valence-electron chi connectivity index (χ0n) is 19.7. The minimum atomic E-state index is -0.322. The molecule has 2 unspecified atom stereocenters. The smallest absolute Gasteiger partial charge is 0.311 e. The molecule has 2 atom stereocenters. The Labute approximate surface area is 185 Å². The quantitative estimate of drug-likeness (QED) is 0.627. The van der Waals surface area contributed by atoms with Crippen LogP contribution in [0, 0.1) is 5.92 Å². The summed E-state index contributed by atoms with van der Waals surface area (Å²) in [5, 5.41) is 4.82. The van der Waals surface area contributed by atoms with Crippen LogP contribution in [0.3, 0.4) is 0 Å². The SMILES string of the molecule is CCOC(=O)Cc1ccc(C(C)(C)C2=NC(c3ccn(C(C)(C)C)n3)C(C)C=C2)cn1. The van der Waals surface area contributed by atoms with Crippen molar-refractivity contribution in [3.8, 4) is 0 Å². The topological polar surface area (TPSA) is 69.4 Å². The first-order chi connectivity index (χ1) is 14.5. The van der Waals surface area contributed by atoms with Crippen LogP contribution in [0.15, 0.2) is 47.7 Å². The summed E-state index contributed by atoms with van der Waals surface area (Å²) >= 11 is 0. The fourth-order valence-corrected chi connectivity index (χ4v) is 3.64. The van der Waals surface area contributed by atoms with Gasteiger partial charge >= 0.3 is 5.97 Å². The molecule has 0 saturated heterocycles. The summed E-state index contributed by atoms with van der Waals surface area (Å²) in [4.78, 5) is 21.3. The number of dihydropyridines is 1. The number of ether oxygens (including phenoxy) is 1. The zero-order chi connectivity index (χ0) is 22.8. The van der Waals surface area contributed by atoms with Gasteiger partial charge < -0.3 is 4.74 Å². The number of allylic oxidation sites excluding steroid dienone is 1. The molecule has 0 aliphatic carbocycles. The Bertz CT molecular complexity index is 978. The second-order valence-corrected chi connectivity index (χ2v) is 9.68. The third-order valence-corrected chi connectivity index (χ3v) is 5.75. The molecule has 0 radical (unpaired) electrons. The molecule has 0 bridgehead atoms. The van der Waals surface area contributed by atoms with Crippen molar-refractivity contribution in [1.29, 1.82) is 0 Å². The predicted octanol–water partition coefficient (Wildman–Crippen LogP) is 4.80. The lowest BCUT2D eigenvalue weighted by Crippen LogP contribution is -2.31. The van der Waals surface area contributed by atoms with Gasteiger partial charge in [0.2, 0.25) is 0 Å². The first-order valence-electron chi connectivity index (χ1n) is 11.0. The van der Waals surface area contributed by atoms with E-state index in [1.165, 1.54) is 0 Å². The molecule has 6 heteroatoms. The Balaban J connectivity index is 1.84. The molecule has 2 aromatic heterocycles. The van der Waals surface area contributed by atoms with Crippen LogP contribution in [-0.4, -0.2) is 33.1 Å². The number of hydrogen-bond donors (Lipinski definition) is 0. The van der Waals surface area contributed by atoms with E-state index in [9.17, 15) is 4.79 Å². The summed E-state index contributed by atoms with van der Waals surface area (Å²) in [6.45, 7) is 15.1. The van der Waals surface area contributed by atoms with E-state index in [1.807, 2.05) is 29.2 Å². The van der Waals surface area contributed by atoms with Crippen molar-refractivity contribution in [1.82, 2.24) is 14.8 Å². The second kappa shape index (κ2) is 8.77. The largest absolute Gasteiger partial charge is 0.466 e. The second-order valence-electron chi connectivity index (χ2n) is 9.68. The molecular formula is C25H34N4O2. The summed E-state index contributed by atoms with van der Waals surface area (Å²) in [6.07, 6.45) is 8.40. The maximum Gasteiger partial charge on any atom is 0.311 e. The van der Waals surface area contributed by atoms with Gasteiger partial charge in [-0.1, -0.05) is 32.9 Å². The first kappa shape index (κ1) is 22.9. The Morgan fingerprint density at radius 2 is 1.90 bits per heavy atom. The molecule has 0 N–H and O–H groups in total. The van der Waals surface area contributed by atoms with Gasteiger partial charge in [0.15, 0.2) is 0 Å². The van der Waals surface area contributed by atoms with Gasteiger partial charge in [0.05, 0.1) is 30.0 Å². The van der Waals surface area contributed by atoms with Gasteiger partial charge in [-0.2, -0.15) is 5.10 Å². The van der Waals surface area contributed by atoms with E-state index in [0.29, 0.717) is 12.3 Å². The van der Waals surface area contributed by atoms with Crippen LogP contribution in [-0.2, 0) is 26.9 Å². The predicted molar refractivity (Wildman–Crippen MR) is 123 cm³/mol. The highest BCUT2D eigenvalue weighted by Gasteiger charge is 2.32. The molecule has 2 aromatic rings. The van der Waals surface area contributed by atoms with Gasteiger partial charge in [0, 0.05) is 29.4 Å². The molecule has 6 nitrogen and oxygen atoms in total. The van der Waals surface area contributed by atoms with Gasteiger partial charge in [-0.3, -0.25) is 19.5 Å². The van der Waals surface area contributed by atoms with E-state index in [1.54, 1.807) is 6.92 Å². The molecule has 0 spiro atoms. The highest BCUT2D eigenvalue weighted by Crippen LogP contribution is 2.35. The molecule has 0 saturated carbocycles. The average Bonchev–Trinajstić information content (AvgIpc) is 3.19. The number of rotatable bonds is 6. The van der Waals surface area contributed by atoms with Crippen LogP contribution in [0.1, 0.15) is 71.5 Å². The van der Waals surface area contributed by atoms with Crippen molar-refractivity contribution in [3.05, 3.63) is 59.7 Å². The Hall–Kier alpha value is -2.76. The Morgan fingerprint density at radius 1 is 1.16 bits per heavy atom. The third-order valence-electron chi connectivity index (χ3n) is 5.75. The Morgan fingerprint density at radius 3 is 2.48 bits per heavy atom. The lowest BCUT2D eigenvalue weighted by Gasteiger charge is -2.31. The normalized spacial score (nSPS) is 19.3. The number of hydrogen-bond acceptors (Lipinski definition) is 5. The summed E-state index contributed by atoms with van der Waals surface area (Å²) in [7, 11) is 0. The summed E-state index contributed by atoms with van der Waals surface area (Å²) < 4.78 is 7.01. The number of aliphatic imine (C=N–C) groups is 1. The van der Waals surface area contributed by atoms with Gasteiger partial charge in [-0.25, -0.2) is 0 Å². The number of esters is 1.